The Morgan fingerprint density at radius 1 is 1.08 bits per heavy atom. The number of hydrogen-bond acceptors (Lipinski definition) is 5. The van der Waals surface area contributed by atoms with Crippen molar-refractivity contribution >= 4 is 33.4 Å². The molecule has 0 aliphatic heterocycles. The maximum absolute atomic E-state index is 11.8. The Bertz CT molecular complexity index is 809. The monoisotopic (exact) mass is 357 g/mol. The molecule has 2 aromatic heterocycles. The maximum Gasteiger partial charge on any atom is 0.239 e. The number of nitrogens with one attached hydrogen (secondary N) is 2. The van der Waals surface area contributed by atoms with Crippen molar-refractivity contribution in [3.8, 4) is 0 Å². The molecular formula is C18H19N3O3S. The number of aryl methyl sites for hydroxylation is 1. The number of hydrogen-bond donors (Lipinski definition) is 2. The van der Waals surface area contributed by atoms with Gasteiger partial charge in [-0.1, -0.05) is 12.1 Å². The number of thiazole rings is 1. The smallest absolute Gasteiger partial charge is 0.239 e. The van der Waals surface area contributed by atoms with Gasteiger partial charge < -0.3 is 15.1 Å². The maximum atomic E-state index is 11.8. The van der Waals surface area contributed by atoms with Crippen molar-refractivity contribution in [1.82, 2.24) is 15.6 Å². The summed E-state index contributed by atoms with van der Waals surface area (Å²) in [4.78, 5) is 28.0. The van der Waals surface area contributed by atoms with Crippen LogP contribution < -0.4 is 10.6 Å². The summed E-state index contributed by atoms with van der Waals surface area (Å²) in [6.07, 6.45) is 3.40. The summed E-state index contributed by atoms with van der Waals surface area (Å²) in [6.45, 7) is 0.292. The van der Waals surface area contributed by atoms with Crippen LogP contribution in [-0.2, 0) is 22.6 Å². The van der Waals surface area contributed by atoms with E-state index in [-0.39, 0.29) is 18.4 Å². The molecule has 0 aliphatic rings. The molecule has 0 unspecified atom stereocenters. The average Bonchev–Trinajstić information content (AvgIpc) is 3.27. The van der Waals surface area contributed by atoms with Gasteiger partial charge in [0.2, 0.25) is 11.8 Å². The summed E-state index contributed by atoms with van der Waals surface area (Å²) in [7, 11) is 0. The number of amides is 2. The standard InChI is InChI=1S/C18H19N3O3S/c22-16(20-12-17(23)19-11-13-5-4-10-24-13)8-3-9-18-21-14-6-1-2-7-15(14)25-18/h1-2,4-7,10H,3,8-9,11-12H2,(H,19,23)(H,20,22). The number of para-hydroxylation sites is 1. The molecule has 0 spiro atoms. The van der Waals surface area contributed by atoms with E-state index in [9.17, 15) is 9.59 Å². The molecule has 7 heteroatoms. The van der Waals surface area contributed by atoms with Crippen LogP contribution in [0.2, 0.25) is 0 Å². The highest BCUT2D eigenvalue weighted by Crippen LogP contribution is 2.22. The van der Waals surface area contributed by atoms with Crippen molar-refractivity contribution in [2.24, 2.45) is 0 Å². The van der Waals surface area contributed by atoms with Crippen molar-refractivity contribution in [3.05, 3.63) is 53.4 Å². The van der Waals surface area contributed by atoms with Gasteiger partial charge in [-0.2, -0.15) is 0 Å². The summed E-state index contributed by atoms with van der Waals surface area (Å²) < 4.78 is 6.28. The zero-order chi connectivity index (χ0) is 17.5. The first-order valence-electron chi connectivity index (χ1n) is 8.11. The molecule has 0 atom stereocenters. The van der Waals surface area contributed by atoms with Crippen molar-refractivity contribution in [2.45, 2.75) is 25.8 Å². The molecule has 0 aliphatic carbocycles. The SMILES string of the molecule is O=C(CCCc1nc2ccccc2s1)NCC(=O)NCc1ccco1. The third-order valence-corrected chi connectivity index (χ3v) is 4.71. The largest absolute Gasteiger partial charge is 0.467 e. The molecule has 0 radical (unpaired) electrons. The highest BCUT2D eigenvalue weighted by Gasteiger charge is 2.08. The quantitative estimate of drug-likeness (QED) is 0.649. The van der Waals surface area contributed by atoms with E-state index in [1.807, 2.05) is 24.3 Å². The van der Waals surface area contributed by atoms with Gasteiger partial charge in [0.1, 0.15) is 5.76 Å². The number of aromatic nitrogens is 1. The number of carbonyl (C=O) groups is 2. The van der Waals surface area contributed by atoms with Gasteiger partial charge in [-0.05, 0) is 37.1 Å². The zero-order valence-electron chi connectivity index (χ0n) is 13.7. The molecule has 0 saturated heterocycles. The Hall–Kier alpha value is -2.67. The first-order valence-corrected chi connectivity index (χ1v) is 8.92. The lowest BCUT2D eigenvalue weighted by atomic mass is 10.2. The molecule has 3 aromatic rings. The summed E-state index contributed by atoms with van der Waals surface area (Å²) in [6, 6.07) is 11.5. The second-order valence-corrected chi connectivity index (χ2v) is 6.68. The first kappa shape index (κ1) is 17.2. The van der Waals surface area contributed by atoms with Gasteiger partial charge in [0.15, 0.2) is 0 Å². The van der Waals surface area contributed by atoms with Crippen LogP contribution in [0.15, 0.2) is 47.1 Å². The molecule has 2 amide bonds. The minimum atomic E-state index is -0.240. The highest BCUT2D eigenvalue weighted by molar-refractivity contribution is 7.18. The van der Waals surface area contributed by atoms with E-state index >= 15 is 0 Å². The van der Waals surface area contributed by atoms with Crippen LogP contribution in [0.1, 0.15) is 23.6 Å². The Morgan fingerprint density at radius 3 is 2.76 bits per heavy atom. The van der Waals surface area contributed by atoms with Gasteiger partial charge in [0, 0.05) is 6.42 Å². The van der Waals surface area contributed by atoms with Gasteiger partial charge in [0.25, 0.3) is 0 Å². The fourth-order valence-corrected chi connectivity index (χ4v) is 3.36. The van der Waals surface area contributed by atoms with Crippen LogP contribution in [0.5, 0.6) is 0 Å². The van der Waals surface area contributed by atoms with Crippen LogP contribution in [0.25, 0.3) is 10.2 Å². The van der Waals surface area contributed by atoms with Crippen molar-refractivity contribution in [3.63, 3.8) is 0 Å². The molecule has 2 N–H and O–H groups in total. The highest BCUT2D eigenvalue weighted by atomic mass is 32.1. The molecule has 0 saturated carbocycles. The van der Waals surface area contributed by atoms with Gasteiger partial charge >= 0.3 is 0 Å². The molecule has 25 heavy (non-hydrogen) atoms. The summed E-state index contributed by atoms with van der Waals surface area (Å²) in [5, 5.41) is 6.34. The number of rotatable bonds is 8. The van der Waals surface area contributed by atoms with E-state index in [4.69, 9.17) is 4.42 Å². The van der Waals surface area contributed by atoms with E-state index in [2.05, 4.69) is 15.6 Å². The van der Waals surface area contributed by atoms with Gasteiger partial charge in [0.05, 0.1) is 34.6 Å². The second-order valence-electron chi connectivity index (χ2n) is 5.56. The summed E-state index contributed by atoms with van der Waals surface area (Å²) >= 11 is 1.66. The Morgan fingerprint density at radius 2 is 1.96 bits per heavy atom. The average molecular weight is 357 g/mol. The van der Waals surface area contributed by atoms with Crippen LogP contribution in [0.4, 0.5) is 0 Å². The second kappa shape index (κ2) is 8.43. The molecule has 0 bridgehead atoms. The van der Waals surface area contributed by atoms with Crippen LogP contribution in [0.3, 0.4) is 0 Å². The number of benzene rings is 1. The molecule has 2 heterocycles. The fourth-order valence-electron chi connectivity index (χ4n) is 2.36. The fraction of sp³-hybridized carbons (Fsp3) is 0.278. The Balaban J connectivity index is 1.33. The predicted octanol–water partition coefficient (Wildman–Crippen LogP) is 2.64. The lowest BCUT2D eigenvalue weighted by molar-refractivity contribution is -0.126. The van der Waals surface area contributed by atoms with E-state index in [0.29, 0.717) is 25.1 Å². The van der Waals surface area contributed by atoms with Crippen LogP contribution in [0, 0.1) is 0 Å². The zero-order valence-corrected chi connectivity index (χ0v) is 14.5. The molecule has 0 fully saturated rings. The minimum absolute atomic E-state index is 0.0271. The minimum Gasteiger partial charge on any atom is -0.467 e. The number of carbonyl (C=O) groups excluding carboxylic acids is 2. The van der Waals surface area contributed by atoms with E-state index in [1.54, 1.807) is 29.7 Å². The lowest BCUT2D eigenvalue weighted by Gasteiger charge is -2.05. The Labute approximate surface area is 149 Å². The third-order valence-electron chi connectivity index (χ3n) is 3.62. The topological polar surface area (TPSA) is 84.2 Å². The van der Waals surface area contributed by atoms with E-state index in [0.717, 1.165) is 21.6 Å². The molecule has 3 rings (SSSR count). The summed E-state index contributed by atoms with van der Waals surface area (Å²) in [5.41, 5.74) is 1.00. The molecular weight excluding hydrogens is 338 g/mol. The van der Waals surface area contributed by atoms with Crippen molar-refractivity contribution in [1.29, 1.82) is 0 Å². The summed E-state index contributed by atoms with van der Waals surface area (Å²) in [5.74, 6) is 0.306. The van der Waals surface area contributed by atoms with E-state index in [1.165, 1.54) is 0 Å². The van der Waals surface area contributed by atoms with Gasteiger partial charge in [-0.25, -0.2) is 4.98 Å². The van der Waals surface area contributed by atoms with Crippen LogP contribution in [-0.4, -0.2) is 23.3 Å². The number of fused-ring (bicyclic) bond motifs is 1. The lowest BCUT2D eigenvalue weighted by Crippen LogP contribution is -2.36. The van der Waals surface area contributed by atoms with Crippen molar-refractivity contribution < 1.29 is 14.0 Å². The number of nitrogens with zero attached hydrogens (tertiary/aromatic N) is 1. The predicted molar refractivity (Wildman–Crippen MR) is 96.1 cm³/mol. The van der Waals surface area contributed by atoms with Gasteiger partial charge in [-0.15, -0.1) is 11.3 Å². The van der Waals surface area contributed by atoms with Gasteiger partial charge in [-0.3, -0.25) is 9.59 Å². The first-order chi connectivity index (χ1) is 12.2. The molecule has 6 nitrogen and oxygen atoms in total. The van der Waals surface area contributed by atoms with Crippen LogP contribution >= 0.6 is 11.3 Å². The molecule has 1 aromatic carbocycles. The third kappa shape index (κ3) is 5.15. The normalized spacial score (nSPS) is 10.7. The molecule has 130 valence electrons. The van der Waals surface area contributed by atoms with E-state index < -0.39 is 0 Å². The number of furan rings is 1. The Kier molecular flexibility index (Phi) is 5.79. The van der Waals surface area contributed by atoms with Crippen molar-refractivity contribution in [2.75, 3.05) is 6.54 Å².